The zero-order chi connectivity index (χ0) is 18.7. The molecule has 1 heterocycles. The molecular formula is C23H43N3. The van der Waals surface area contributed by atoms with Gasteiger partial charge in [-0.1, -0.05) is 96.8 Å². The maximum Gasteiger partial charge on any atom is 0.0990 e. The molecule has 0 fully saturated rings. The fraction of sp³-hybridized carbons (Fsp3) is 0.913. The van der Waals surface area contributed by atoms with E-state index < -0.39 is 0 Å². The minimum atomic E-state index is 0.623. The van der Waals surface area contributed by atoms with Crippen molar-refractivity contribution >= 4 is 5.84 Å². The molecule has 0 saturated heterocycles. The summed E-state index contributed by atoms with van der Waals surface area (Å²) in [5.74, 6) is 1.26. The molecule has 0 radical (unpaired) electrons. The number of hydrogen-bond acceptors (Lipinski definition) is 3. The predicted octanol–water partition coefficient (Wildman–Crippen LogP) is 6.88. The van der Waals surface area contributed by atoms with E-state index in [0.29, 0.717) is 6.42 Å². The predicted molar refractivity (Wildman–Crippen MR) is 114 cm³/mol. The Kier molecular flexibility index (Phi) is 15.4. The molecule has 0 N–H and O–H groups in total. The van der Waals surface area contributed by atoms with Crippen molar-refractivity contribution in [2.24, 2.45) is 4.99 Å². The van der Waals surface area contributed by atoms with E-state index in [1.807, 2.05) is 0 Å². The number of unbranched alkanes of at least 4 members (excludes halogenated alkanes) is 14. The van der Waals surface area contributed by atoms with E-state index in [-0.39, 0.29) is 0 Å². The summed E-state index contributed by atoms with van der Waals surface area (Å²) in [6.45, 7) is 5.11. The molecule has 0 aliphatic carbocycles. The van der Waals surface area contributed by atoms with Crippen LogP contribution in [0.2, 0.25) is 0 Å². The Morgan fingerprint density at radius 3 is 1.81 bits per heavy atom. The summed E-state index contributed by atoms with van der Waals surface area (Å²) >= 11 is 0. The third-order valence-corrected chi connectivity index (χ3v) is 5.53. The van der Waals surface area contributed by atoms with Crippen LogP contribution < -0.4 is 0 Å². The van der Waals surface area contributed by atoms with Gasteiger partial charge in [0.15, 0.2) is 0 Å². The van der Waals surface area contributed by atoms with E-state index in [1.54, 1.807) is 0 Å². The van der Waals surface area contributed by atoms with Crippen LogP contribution in [0.1, 0.15) is 116 Å². The molecule has 1 aliphatic heterocycles. The Labute approximate surface area is 163 Å². The molecule has 0 amide bonds. The van der Waals surface area contributed by atoms with Crippen molar-refractivity contribution in [1.29, 1.82) is 5.26 Å². The van der Waals surface area contributed by atoms with Crippen molar-refractivity contribution in [2.75, 3.05) is 19.6 Å². The Morgan fingerprint density at radius 2 is 1.31 bits per heavy atom. The van der Waals surface area contributed by atoms with Gasteiger partial charge in [0, 0.05) is 19.5 Å². The highest BCUT2D eigenvalue weighted by atomic mass is 15.2. The van der Waals surface area contributed by atoms with Gasteiger partial charge in [0.05, 0.1) is 24.9 Å². The van der Waals surface area contributed by atoms with Gasteiger partial charge in [-0.2, -0.15) is 5.26 Å². The van der Waals surface area contributed by atoms with Gasteiger partial charge in [0.2, 0.25) is 0 Å². The van der Waals surface area contributed by atoms with Crippen molar-refractivity contribution < 1.29 is 0 Å². The van der Waals surface area contributed by atoms with Crippen LogP contribution in [0.4, 0.5) is 0 Å². The van der Waals surface area contributed by atoms with Crippen LogP contribution in [-0.2, 0) is 0 Å². The molecule has 0 bridgehead atoms. The first kappa shape index (κ1) is 23.0. The topological polar surface area (TPSA) is 39.4 Å². The van der Waals surface area contributed by atoms with Crippen molar-refractivity contribution in [2.45, 2.75) is 116 Å². The second kappa shape index (κ2) is 17.4. The number of nitrogens with zero attached hydrogens (tertiary/aromatic N) is 3. The quantitative estimate of drug-likeness (QED) is 0.250. The molecule has 0 saturated carbocycles. The molecule has 150 valence electrons. The number of amidine groups is 1. The highest BCUT2D eigenvalue weighted by Crippen LogP contribution is 2.15. The number of aliphatic imine (C=N–C) groups is 1. The molecule has 1 rings (SSSR count). The largest absolute Gasteiger partial charge is 0.357 e. The number of nitriles is 1. The Balaban J connectivity index is 1.79. The van der Waals surface area contributed by atoms with E-state index in [2.05, 4.69) is 22.9 Å². The van der Waals surface area contributed by atoms with Crippen LogP contribution in [0.3, 0.4) is 0 Å². The van der Waals surface area contributed by atoms with Gasteiger partial charge < -0.3 is 4.90 Å². The molecule has 0 atom stereocenters. The lowest BCUT2D eigenvalue weighted by Crippen LogP contribution is -2.28. The number of hydrogen-bond donors (Lipinski definition) is 0. The molecule has 0 aromatic rings. The molecule has 26 heavy (non-hydrogen) atoms. The van der Waals surface area contributed by atoms with Crippen LogP contribution >= 0.6 is 0 Å². The summed E-state index contributed by atoms with van der Waals surface area (Å²) in [5, 5.41) is 8.71. The van der Waals surface area contributed by atoms with Crippen molar-refractivity contribution in [1.82, 2.24) is 4.90 Å². The summed E-state index contributed by atoms with van der Waals surface area (Å²) in [6, 6.07) is 2.24. The average Bonchev–Trinajstić information content (AvgIpc) is 3.10. The van der Waals surface area contributed by atoms with Crippen molar-refractivity contribution in [3.63, 3.8) is 0 Å². The lowest BCUT2D eigenvalue weighted by Gasteiger charge is -2.18. The minimum absolute atomic E-state index is 0.623. The molecule has 1 aliphatic rings. The van der Waals surface area contributed by atoms with Crippen molar-refractivity contribution in [3.8, 4) is 6.07 Å². The SMILES string of the molecule is CCCCCCCCCCCCCCCCCC1=NCCN1CCC#N. The lowest BCUT2D eigenvalue weighted by molar-refractivity contribution is 0.455. The highest BCUT2D eigenvalue weighted by Gasteiger charge is 2.15. The van der Waals surface area contributed by atoms with Crippen LogP contribution in [-0.4, -0.2) is 30.4 Å². The third kappa shape index (κ3) is 12.3. The van der Waals surface area contributed by atoms with E-state index in [9.17, 15) is 0 Å². The lowest BCUT2D eigenvalue weighted by atomic mass is 10.0. The molecular weight excluding hydrogens is 318 g/mol. The van der Waals surface area contributed by atoms with Gasteiger partial charge >= 0.3 is 0 Å². The van der Waals surface area contributed by atoms with Crippen LogP contribution in [0.15, 0.2) is 4.99 Å². The van der Waals surface area contributed by atoms with E-state index >= 15 is 0 Å². The van der Waals surface area contributed by atoms with Gasteiger partial charge in [-0.15, -0.1) is 0 Å². The standard InChI is InChI=1S/C23H43N3/c1-2-3-4-5-6-7-8-9-10-11-12-13-14-15-16-18-23-25-20-22-26(23)21-17-19-24/h2-18,20-22H2,1H3. The first-order chi connectivity index (χ1) is 12.9. The average molecular weight is 362 g/mol. The maximum absolute atomic E-state index is 8.71. The molecule has 0 aromatic heterocycles. The molecule has 0 spiro atoms. The smallest absolute Gasteiger partial charge is 0.0990 e. The summed E-state index contributed by atoms with van der Waals surface area (Å²) < 4.78 is 0. The van der Waals surface area contributed by atoms with Gasteiger partial charge in [0.25, 0.3) is 0 Å². The fourth-order valence-electron chi connectivity index (χ4n) is 3.85. The normalized spacial score (nSPS) is 13.8. The second-order valence-corrected chi connectivity index (χ2v) is 7.89. The van der Waals surface area contributed by atoms with E-state index in [0.717, 1.165) is 26.1 Å². The Morgan fingerprint density at radius 1 is 0.808 bits per heavy atom. The summed E-state index contributed by atoms with van der Waals surface area (Å²) in [4.78, 5) is 6.92. The monoisotopic (exact) mass is 361 g/mol. The second-order valence-electron chi connectivity index (χ2n) is 7.89. The zero-order valence-electron chi connectivity index (χ0n) is 17.5. The fourth-order valence-corrected chi connectivity index (χ4v) is 3.85. The number of rotatable bonds is 18. The van der Waals surface area contributed by atoms with Crippen LogP contribution in [0.5, 0.6) is 0 Å². The van der Waals surface area contributed by atoms with Crippen LogP contribution in [0.25, 0.3) is 0 Å². The first-order valence-electron chi connectivity index (χ1n) is 11.5. The first-order valence-corrected chi connectivity index (χ1v) is 11.5. The Bertz CT molecular complexity index is 383. The van der Waals surface area contributed by atoms with E-state index in [4.69, 9.17) is 5.26 Å². The molecule has 3 heteroatoms. The van der Waals surface area contributed by atoms with Crippen LogP contribution in [0, 0.1) is 11.3 Å². The highest BCUT2D eigenvalue weighted by molar-refractivity contribution is 5.83. The summed E-state index contributed by atoms with van der Waals surface area (Å²) in [7, 11) is 0. The molecule has 0 unspecified atom stereocenters. The Hall–Kier alpha value is -1.04. The molecule has 3 nitrogen and oxygen atoms in total. The van der Waals surface area contributed by atoms with Gasteiger partial charge in [0.1, 0.15) is 0 Å². The zero-order valence-corrected chi connectivity index (χ0v) is 17.5. The van der Waals surface area contributed by atoms with Gasteiger partial charge in [-0.3, -0.25) is 4.99 Å². The van der Waals surface area contributed by atoms with Crippen molar-refractivity contribution in [3.05, 3.63) is 0 Å². The summed E-state index contributed by atoms with van der Waals surface area (Å²) in [6.07, 6.45) is 22.9. The van der Waals surface area contributed by atoms with Gasteiger partial charge in [-0.05, 0) is 6.42 Å². The summed E-state index contributed by atoms with van der Waals surface area (Å²) in [5.41, 5.74) is 0. The molecule has 0 aromatic carbocycles. The van der Waals surface area contributed by atoms with E-state index in [1.165, 1.54) is 102 Å². The minimum Gasteiger partial charge on any atom is -0.357 e. The van der Waals surface area contributed by atoms with Gasteiger partial charge in [-0.25, -0.2) is 0 Å². The third-order valence-electron chi connectivity index (χ3n) is 5.53. The maximum atomic E-state index is 8.71.